The van der Waals surface area contributed by atoms with Crippen LogP contribution in [-0.4, -0.2) is 34.1 Å². The molecule has 0 fully saturated rings. The van der Waals surface area contributed by atoms with Crippen molar-refractivity contribution in [1.82, 2.24) is 20.0 Å². The zero-order valence-corrected chi connectivity index (χ0v) is 18.3. The number of anilines is 1. The van der Waals surface area contributed by atoms with E-state index in [4.69, 9.17) is 16.1 Å². The molecule has 168 valence electrons. The first-order valence-electron chi connectivity index (χ1n) is 10.2. The van der Waals surface area contributed by atoms with Gasteiger partial charge in [-0.05, 0) is 50.0 Å². The molecule has 0 saturated heterocycles. The van der Waals surface area contributed by atoms with Gasteiger partial charge < -0.3 is 15.2 Å². The Bertz CT molecular complexity index is 1270. The van der Waals surface area contributed by atoms with Crippen molar-refractivity contribution in [2.75, 3.05) is 19.1 Å². The Morgan fingerprint density at radius 1 is 1.03 bits per heavy atom. The van der Waals surface area contributed by atoms with E-state index < -0.39 is 5.82 Å². The normalized spacial score (nSPS) is 12.0. The first-order chi connectivity index (χ1) is 15.9. The second-order valence-electron chi connectivity index (χ2n) is 7.68. The zero-order valence-electron chi connectivity index (χ0n) is 18.3. The van der Waals surface area contributed by atoms with Gasteiger partial charge in [0.05, 0.1) is 11.4 Å². The molecule has 4 N–H and O–H groups in total. The lowest BCUT2D eigenvalue weighted by atomic mass is 10.1. The Labute approximate surface area is 190 Å². The van der Waals surface area contributed by atoms with Gasteiger partial charge in [-0.15, -0.1) is 0 Å². The summed E-state index contributed by atoms with van der Waals surface area (Å²) in [5.74, 6) is 6.30. The highest BCUT2D eigenvalue weighted by molar-refractivity contribution is 5.93. The number of hydrogen-bond acceptors (Lipinski definition) is 8. The summed E-state index contributed by atoms with van der Waals surface area (Å²) >= 11 is 0. The Kier molecular flexibility index (Phi) is 6.43. The topological polar surface area (TPSA) is 110 Å². The summed E-state index contributed by atoms with van der Waals surface area (Å²) in [6.07, 6.45) is 3.18. The van der Waals surface area contributed by atoms with E-state index in [1.807, 2.05) is 38.4 Å². The number of pyridine rings is 1. The fourth-order valence-electron chi connectivity index (χ4n) is 3.43. The maximum Gasteiger partial charge on any atom is 0.276 e. The Morgan fingerprint density at radius 3 is 2.52 bits per heavy atom. The molecule has 0 aliphatic heterocycles. The van der Waals surface area contributed by atoms with Crippen LogP contribution in [0.2, 0.25) is 0 Å². The van der Waals surface area contributed by atoms with Gasteiger partial charge in [-0.25, -0.2) is 10.2 Å². The quantitative estimate of drug-likeness (QED) is 0.329. The van der Waals surface area contributed by atoms with E-state index in [1.165, 1.54) is 11.1 Å². The SMILES string of the molecule is CN(C)Cc1cccc(-c2noc(/C(N)=C(\c3ccncc3)N(N)c3ccccc3F)n2)c1. The fourth-order valence-corrected chi connectivity index (χ4v) is 3.43. The summed E-state index contributed by atoms with van der Waals surface area (Å²) in [5.41, 5.74) is 9.53. The third-order valence-corrected chi connectivity index (χ3v) is 4.90. The smallest absolute Gasteiger partial charge is 0.276 e. The highest BCUT2D eigenvalue weighted by atomic mass is 19.1. The van der Waals surface area contributed by atoms with Crippen molar-refractivity contribution in [2.45, 2.75) is 6.54 Å². The van der Waals surface area contributed by atoms with E-state index in [1.54, 1.807) is 42.7 Å². The lowest BCUT2D eigenvalue weighted by molar-refractivity contribution is 0.402. The van der Waals surface area contributed by atoms with Crippen LogP contribution >= 0.6 is 0 Å². The van der Waals surface area contributed by atoms with Crippen LogP contribution in [0.1, 0.15) is 17.0 Å². The number of hydrogen-bond donors (Lipinski definition) is 2. The first kappa shape index (κ1) is 22.1. The second kappa shape index (κ2) is 9.60. The third-order valence-electron chi connectivity index (χ3n) is 4.90. The average Bonchev–Trinajstić information content (AvgIpc) is 3.30. The molecule has 0 aliphatic carbocycles. The molecule has 0 radical (unpaired) electrons. The van der Waals surface area contributed by atoms with Gasteiger partial charge >= 0.3 is 0 Å². The van der Waals surface area contributed by atoms with E-state index >= 15 is 0 Å². The van der Waals surface area contributed by atoms with Crippen molar-refractivity contribution >= 4 is 17.1 Å². The Hall–Kier alpha value is -4.08. The van der Waals surface area contributed by atoms with Crippen LogP contribution in [0.15, 0.2) is 77.6 Å². The van der Waals surface area contributed by atoms with E-state index in [2.05, 4.69) is 20.0 Å². The van der Waals surface area contributed by atoms with Gasteiger partial charge in [-0.1, -0.05) is 35.5 Å². The van der Waals surface area contributed by atoms with Crippen molar-refractivity contribution in [3.8, 4) is 11.4 Å². The molecule has 4 aromatic rings. The van der Waals surface area contributed by atoms with Crippen LogP contribution in [0.25, 0.3) is 22.8 Å². The van der Waals surface area contributed by atoms with Crippen molar-refractivity contribution in [3.63, 3.8) is 0 Å². The average molecular weight is 446 g/mol. The summed E-state index contributed by atoms with van der Waals surface area (Å²) in [6.45, 7) is 0.775. The van der Waals surface area contributed by atoms with Gasteiger partial charge in [0, 0.05) is 30.1 Å². The summed E-state index contributed by atoms with van der Waals surface area (Å²) in [7, 11) is 4.00. The minimum absolute atomic E-state index is 0.0709. The molecule has 2 aromatic carbocycles. The largest absolute Gasteiger partial charge is 0.392 e. The maximum atomic E-state index is 14.5. The van der Waals surface area contributed by atoms with Crippen molar-refractivity contribution in [3.05, 3.63) is 95.9 Å². The van der Waals surface area contributed by atoms with Crippen LogP contribution in [-0.2, 0) is 6.54 Å². The van der Waals surface area contributed by atoms with E-state index in [0.717, 1.165) is 17.7 Å². The molecular formula is C24H24FN7O. The van der Waals surface area contributed by atoms with Gasteiger partial charge in [0.2, 0.25) is 5.82 Å². The molecule has 0 amide bonds. The van der Waals surface area contributed by atoms with Gasteiger partial charge in [-0.3, -0.25) is 9.99 Å². The lowest BCUT2D eigenvalue weighted by Gasteiger charge is -2.23. The predicted octanol–water partition coefficient (Wildman–Crippen LogP) is 3.50. The van der Waals surface area contributed by atoms with E-state index in [0.29, 0.717) is 17.1 Å². The van der Waals surface area contributed by atoms with E-state index in [9.17, 15) is 4.39 Å². The fraction of sp³-hybridized carbons (Fsp3) is 0.125. The number of aromatic nitrogens is 3. The molecule has 0 spiro atoms. The number of nitrogens with zero attached hydrogens (tertiary/aromatic N) is 5. The van der Waals surface area contributed by atoms with Gasteiger partial charge in [0.1, 0.15) is 11.5 Å². The molecule has 0 atom stereocenters. The maximum absolute atomic E-state index is 14.5. The monoisotopic (exact) mass is 445 g/mol. The molecule has 0 aliphatic rings. The minimum Gasteiger partial charge on any atom is -0.392 e. The first-order valence-corrected chi connectivity index (χ1v) is 10.2. The summed E-state index contributed by atoms with van der Waals surface area (Å²) in [4.78, 5) is 10.6. The standard InChI is InChI=1S/C24H24FN7O/c1-31(2)15-16-6-5-7-18(14-16)23-29-24(33-30-23)21(26)22(17-10-12-28-13-11-17)32(27)20-9-4-3-8-19(20)25/h3-14H,15,26-27H2,1-2H3/b22-21-. The van der Waals surface area contributed by atoms with Crippen LogP contribution in [0, 0.1) is 5.82 Å². The molecule has 2 heterocycles. The third kappa shape index (κ3) is 4.89. The summed E-state index contributed by atoms with van der Waals surface area (Å²) in [6, 6.07) is 17.4. The number of para-hydroxylation sites is 1. The molecule has 33 heavy (non-hydrogen) atoms. The summed E-state index contributed by atoms with van der Waals surface area (Å²) < 4.78 is 20.0. The number of hydrazine groups is 1. The number of halogens is 1. The van der Waals surface area contributed by atoms with Crippen molar-refractivity contribution < 1.29 is 8.91 Å². The molecule has 0 bridgehead atoms. The Balaban J connectivity index is 1.77. The Morgan fingerprint density at radius 2 is 1.79 bits per heavy atom. The molecule has 0 unspecified atom stereocenters. The highest BCUT2D eigenvalue weighted by Gasteiger charge is 2.22. The second-order valence-corrected chi connectivity index (χ2v) is 7.68. The van der Waals surface area contributed by atoms with Crippen molar-refractivity contribution in [2.24, 2.45) is 11.6 Å². The van der Waals surface area contributed by atoms with Crippen LogP contribution < -0.4 is 16.6 Å². The van der Waals surface area contributed by atoms with E-state index in [-0.39, 0.29) is 17.3 Å². The highest BCUT2D eigenvalue weighted by Crippen LogP contribution is 2.30. The zero-order chi connectivity index (χ0) is 23.4. The summed E-state index contributed by atoms with van der Waals surface area (Å²) in [5, 5.41) is 5.26. The predicted molar refractivity (Wildman–Crippen MR) is 125 cm³/mol. The van der Waals surface area contributed by atoms with Gasteiger partial charge in [0.15, 0.2) is 0 Å². The van der Waals surface area contributed by atoms with Gasteiger partial charge in [0.25, 0.3) is 5.89 Å². The van der Waals surface area contributed by atoms with Crippen molar-refractivity contribution in [1.29, 1.82) is 0 Å². The van der Waals surface area contributed by atoms with Crippen LogP contribution in [0.3, 0.4) is 0 Å². The number of nitrogens with two attached hydrogens (primary N) is 2. The lowest BCUT2D eigenvalue weighted by Crippen LogP contribution is -2.32. The van der Waals surface area contributed by atoms with Crippen LogP contribution in [0.5, 0.6) is 0 Å². The molecule has 9 heteroatoms. The molecule has 0 saturated carbocycles. The molecule has 4 rings (SSSR count). The number of rotatable bonds is 7. The number of benzene rings is 2. The minimum atomic E-state index is -0.497. The molecular weight excluding hydrogens is 421 g/mol. The van der Waals surface area contributed by atoms with Gasteiger partial charge in [-0.2, -0.15) is 4.98 Å². The molecule has 2 aromatic heterocycles. The van der Waals surface area contributed by atoms with Crippen LogP contribution in [0.4, 0.5) is 10.1 Å². The molecule has 8 nitrogen and oxygen atoms in total.